The van der Waals surface area contributed by atoms with E-state index in [9.17, 15) is 9.59 Å². The Morgan fingerprint density at radius 2 is 1.45 bits per heavy atom. The third-order valence-corrected chi connectivity index (χ3v) is 3.47. The second-order valence-electron chi connectivity index (χ2n) is 5.48. The van der Waals surface area contributed by atoms with Crippen LogP contribution in [0.25, 0.3) is 11.1 Å². The van der Waals surface area contributed by atoms with Crippen molar-refractivity contribution in [3.8, 4) is 11.1 Å². The van der Waals surface area contributed by atoms with Gasteiger partial charge in [0, 0.05) is 5.56 Å². The molecule has 2 rings (SSSR count). The third-order valence-electron chi connectivity index (χ3n) is 3.47. The van der Waals surface area contributed by atoms with Crippen LogP contribution < -0.4 is 5.32 Å². The summed E-state index contributed by atoms with van der Waals surface area (Å²) in [4.78, 5) is 23.3. The molecule has 0 unspecified atom stereocenters. The topological polar surface area (TPSA) is 66.4 Å². The highest BCUT2D eigenvalue weighted by molar-refractivity contribution is 5.97. The van der Waals surface area contributed by atoms with E-state index in [2.05, 4.69) is 5.32 Å². The molecule has 0 aromatic heterocycles. The van der Waals surface area contributed by atoms with Gasteiger partial charge < -0.3 is 10.4 Å². The lowest BCUT2D eigenvalue weighted by Gasteiger charge is -2.17. The molecule has 0 fully saturated rings. The van der Waals surface area contributed by atoms with E-state index in [0.29, 0.717) is 5.56 Å². The van der Waals surface area contributed by atoms with E-state index in [4.69, 9.17) is 5.11 Å². The summed E-state index contributed by atoms with van der Waals surface area (Å²) in [7, 11) is 0. The highest BCUT2D eigenvalue weighted by Gasteiger charge is 2.23. The Bertz CT molecular complexity index is 648. The van der Waals surface area contributed by atoms with Crippen molar-refractivity contribution in [3.63, 3.8) is 0 Å². The van der Waals surface area contributed by atoms with Crippen molar-refractivity contribution in [2.45, 2.75) is 19.9 Å². The van der Waals surface area contributed by atoms with E-state index in [1.54, 1.807) is 26.0 Å². The van der Waals surface area contributed by atoms with Crippen molar-refractivity contribution < 1.29 is 14.7 Å². The number of hydrogen-bond donors (Lipinski definition) is 2. The van der Waals surface area contributed by atoms with Crippen molar-refractivity contribution in [2.75, 3.05) is 0 Å². The molecule has 0 radical (unpaired) electrons. The number of carboxylic acids is 1. The van der Waals surface area contributed by atoms with E-state index in [0.717, 1.165) is 11.1 Å². The maximum atomic E-state index is 12.1. The number of carboxylic acid groups (broad SMARTS) is 1. The third kappa shape index (κ3) is 3.73. The molecule has 0 aliphatic rings. The van der Waals surface area contributed by atoms with Gasteiger partial charge in [0.1, 0.15) is 6.04 Å². The van der Waals surface area contributed by atoms with E-state index >= 15 is 0 Å². The fourth-order valence-corrected chi connectivity index (χ4v) is 2.18. The van der Waals surface area contributed by atoms with Crippen molar-refractivity contribution in [2.24, 2.45) is 5.92 Å². The molecule has 0 saturated heterocycles. The van der Waals surface area contributed by atoms with Crippen LogP contribution in [0, 0.1) is 5.92 Å². The highest BCUT2D eigenvalue weighted by atomic mass is 16.4. The SMILES string of the molecule is CC(C)[C@H](NC(=O)c1ccc(-c2ccccc2)cc1)C(=O)O. The van der Waals surface area contributed by atoms with Crippen LogP contribution in [-0.4, -0.2) is 23.0 Å². The summed E-state index contributed by atoms with van der Waals surface area (Å²) in [6.07, 6.45) is 0. The summed E-state index contributed by atoms with van der Waals surface area (Å²) in [6.45, 7) is 3.52. The van der Waals surface area contributed by atoms with Gasteiger partial charge >= 0.3 is 5.97 Å². The van der Waals surface area contributed by atoms with Crippen LogP contribution in [0.1, 0.15) is 24.2 Å². The lowest BCUT2D eigenvalue weighted by molar-refractivity contribution is -0.140. The number of hydrogen-bond acceptors (Lipinski definition) is 2. The van der Waals surface area contributed by atoms with E-state index in [-0.39, 0.29) is 11.8 Å². The zero-order valence-electron chi connectivity index (χ0n) is 12.6. The maximum absolute atomic E-state index is 12.1. The van der Waals surface area contributed by atoms with Crippen LogP contribution in [0.5, 0.6) is 0 Å². The van der Waals surface area contributed by atoms with E-state index in [1.807, 2.05) is 42.5 Å². The van der Waals surface area contributed by atoms with Gasteiger partial charge in [0.05, 0.1) is 0 Å². The molecule has 0 aliphatic heterocycles. The molecule has 4 heteroatoms. The maximum Gasteiger partial charge on any atom is 0.326 e. The molecule has 2 aromatic rings. The van der Waals surface area contributed by atoms with Gasteiger partial charge in [0.15, 0.2) is 0 Å². The highest BCUT2D eigenvalue weighted by Crippen LogP contribution is 2.19. The Morgan fingerprint density at radius 3 is 1.95 bits per heavy atom. The number of rotatable bonds is 5. The summed E-state index contributed by atoms with van der Waals surface area (Å²) in [6, 6.07) is 16.1. The van der Waals surface area contributed by atoms with Gasteiger partial charge in [-0.1, -0.05) is 56.3 Å². The van der Waals surface area contributed by atoms with Crippen LogP contribution in [0.2, 0.25) is 0 Å². The molecule has 0 heterocycles. The summed E-state index contributed by atoms with van der Waals surface area (Å²) in [5.41, 5.74) is 2.53. The average Bonchev–Trinajstić information content (AvgIpc) is 2.52. The molecule has 0 bridgehead atoms. The fourth-order valence-electron chi connectivity index (χ4n) is 2.18. The van der Waals surface area contributed by atoms with E-state index < -0.39 is 12.0 Å². The number of amides is 1. The summed E-state index contributed by atoms with van der Waals surface area (Å²) in [5, 5.41) is 11.7. The minimum absolute atomic E-state index is 0.176. The molecule has 0 spiro atoms. The normalized spacial score (nSPS) is 12.0. The standard InChI is InChI=1S/C18H19NO3/c1-12(2)16(18(21)22)19-17(20)15-10-8-14(9-11-15)13-6-4-3-5-7-13/h3-12,16H,1-2H3,(H,19,20)(H,21,22)/t16-/m0/s1. The van der Waals surface area contributed by atoms with Gasteiger partial charge in [-0.25, -0.2) is 4.79 Å². The first-order valence-corrected chi connectivity index (χ1v) is 7.18. The first-order valence-electron chi connectivity index (χ1n) is 7.18. The molecular formula is C18H19NO3. The van der Waals surface area contributed by atoms with E-state index in [1.165, 1.54) is 0 Å². The van der Waals surface area contributed by atoms with Gasteiger partial charge in [-0.3, -0.25) is 4.79 Å². The first-order chi connectivity index (χ1) is 10.5. The van der Waals surface area contributed by atoms with Crippen molar-refractivity contribution in [3.05, 3.63) is 60.2 Å². The molecule has 1 amide bonds. The minimum Gasteiger partial charge on any atom is -0.480 e. The van der Waals surface area contributed by atoms with Gasteiger partial charge in [-0.2, -0.15) is 0 Å². The van der Waals surface area contributed by atoms with Crippen molar-refractivity contribution >= 4 is 11.9 Å². The second-order valence-corrected chi connectivity index (χ2v) is 5.48. The van der Waals surface area contributed by atoms with Gasteiger partial charge in [0.25, 0.3) is 5.91 Å². The van der Waals surface area contributed by atoms with Gasteiger partial charge in [-0.05, 0) is 29.2 Å². The predicted octanol–water partition coefficient (Wildman–Crippen LogP) is 3.19. The van der Waals surface area contributed by atoms with Crippen LogP contribution in [0.4, 0.5) is 0 Å². The zero-order valence-corrected chi connectivity index (χ0v) is 12.6. The molecule has 0 saturated carbocycles. The Morgan fingerprint density at radius 1 is 0.909 bits per heavy atom. The summed E-state index contributed by atoms with van der Waals surface area (Å²) < 4.78 is 0. The Hall–Kier alpha value is -2.62. The predicted molar refractivity (Wildman–Crippen MR) is 85.6 cm³/mol. The number of carbonyl (C=O) groups excluding carboxylic acids is 1. The number of carbonyl (C=O) groups is 2. The largest absolute Gasteiger partial charge is 0.480 e. The van der Waals surface area contributed by atoms with Crippen LogP contribution in [0.15, 0.2) is 54.6 Å². The number of aliphatic carboxylic acids is 1. The molecule has 22 heavy (non-hydrogen) atoms. The summed E-state index contributed by atoms with van der Waals surface area (Å²) >= 11 is 0. The lowest BCUT2D eigenvalue weighted by atomic mass is 10.0. The first kappa shape index (κ1) is 15.8. The Labute approximate surface area is 129 Å². The van der Waals surface area contributed by atoms with Gasteiger partial charge in [0.2, 0.25) is 0 Å². The molecule has 1 atom stereocenters. The number of benzene rings is 2. The quantitative estimate of drug-likeness (QED) is 0.890. The van der Waals surface area contributed by atoms with Gasteiger partial charge in [-0.15, -0.1) is 0 Å². The average molecular weight is 297 g/mol. The monoisotopic (exact) mass is 297 g/mol. The summed E-state index contributed by atoms with van der Waals surface area (Å²) in [5.74, 6) is -1.57. The second kappa shape index (κ2) is 6.89. The zero-order chi connectivity index (χ0) is 16.1. The smallest absolute Gasteiger partial charge is 0.326 e. The van der Waals surface area contributed by atoms with Crippen LogP contribution >= 0.6 is 0 Å². The minimum atomic E-state index is -1.02. The molecule has 2 aromatic carbocycles. The van der Waals surface area contributed by atoms with Crippen LogP contribution in [0.3, 0.4) is 0 Å². The lowest BCUT2D eigenvalue weighted by Crippen LogP contribution is -2.44. The van der Waals surface area contributed by atoms with Crippen molar-refractivity contribution in [1.29, 1.82) is 0 Å². The Kier molecular flexibility index (Phi) is 4.94. The fraction of sp³-hybridized carbons (Fsp3) is 0.222. The van der Waals surface area contributed by atoms with Crippen molar-refractivity contribution in [1.82, 2.24) is 5.32 Å². The van der Waals surface area contributed by atoms with Crippen LogP contribution in [-0.2, 0) is 4.79 Å². The Balaban J connectivity index is 2.13. The molecule has 0 aliphatic carbocycles. The molecule has 114 valence electrons. The number of nitrogens with one attached hydrogen (secondary N) is 1. The molecular weight excluding hydrogens is 278 g/mol. The molecule has 2 N–H and O–H groups in total. The molecule has 4 nitrogen and oxygen atoms in total.